The summed E-state index contributed by atoms with van der Waals surface area (Å²) in [6.07, 6.45) is 4.25. The van der Waals surface area contributed by atoms with E-state index in [0.717, 1.165) is 0 Å². The Hall–Kier alpha value is -0.435. The van der Waals surface area contributed by atoms with Gasteiger partial charge in [0.05, 0.1) is 12.2 Å². The second-order valence-corrected chi connectivity index (χ2v) is 3.96. The number of hydrogen-bond acceptors (Lipinski definition) is 1. The van der Waals surface area contributed by atoms with Crippen LogP contribution in [0.5, 0.6) is 0 Å². The third-order valence-electron chi connectivity index (χ3n) is 2.36. The van der Waals surface area contributed by atoms with Crippen molar-refractivity contribution in [3.63, 3.8) is 0 Å². The van der Waals surface area contributed by atoms with Gasteiger partial charge in [-0.3, -0.25) is 4.90 Å². The van der Waals surface area contributed by atoms with Crippen molar-refractivity contribution in [2.45, 2.75) is 45.8 Å². The fourth-order valence-corrected chi connectivity index (χ4v) is 1.56. The highest BCUT2D eigenvalue weighted by atomic mass is 15.4. The SMILES string of the molecule is [B]C1N(C(C)C)C=C[NH+]1C(C)C. The molecule has 1 N–H and O–H groups in total. The molecular formula is C9H18BN2+. The van der Waals surface area contributed by atoms with Crippen LogP contribution in [-0.4, -0.2) is 30.9 Å². The number of nitrogens with one attached hydrogen (secondary N) is 1. The lowest BCUT2D eigenvalue weighted by molar-refractivity contribution is -0.885. The van der Waals surface area contributed by atoms with E-state index in [1.807, 2.05) is 0 Å². The molecule has 1 heterocycles. The highest BCUT2D eigenvalue weighted by Gasteiger charge is 2.29. The normalized spacial score (nSPS) is 29.3. The predicted molar refractivity (Wildman–Crippen MR) is 51.8 cm³/mol. The molecule has 1 aliphatic rings. The minimum absolute atomic E-state index is 0.102. The second kappa shape index (κ2) is 3.52. The molecule has 2 nitrogen and oxygen atoms in total. The molecule has 0 saturated heterocycles. The van der Waals surface area contributed by atoms with Gasteiger partial charge in [-0.25, -0.2) is 0 Å². The smallest absolute Gasteiger partial charge is 0.187 e. The van der Waals surface area contributed by atoms with Crippen LogP contribution >= 0.6 is 0 Å². The van der Waals surface area contributed by atoms with Gasteiger partial charge in [0, 0.05) is 6.04 Å². The fourth-order valence-electron chi connectivity index (χ4n) is 1.56. The lowest BCUT2D eigenvalue weighted by atomic mass is 10.0. The van der Waals surface area contributed by atoms with Crippen LogP contribution in [0.1, 0.15) is 27.7 Å². The number of quaternary nitrogens is 1. The summed E-state index contributed by atoms with van der Waals surface area (Å²) in [5.74, 6) is 0. The molecule has 0 fully saturated rings. The highest BCUT2D eigenvalue weighted by molar-refractivity contribution is 6.10. The molecule has 3 heteroatoms. The van der Waals surface area contributed by atoms with Crippen molar-refractivity contribution < 1.29 is 4.90 Å². The molecule has 0 spiro atoms. The molecule has 2 atom stereocenters. The van der Waals surface area contributed by atoms with Crippen molar-refractivity contribution in [3.8, 4) is 0 Å². The molecule has 2 radical (unpaired) electrons. The van der Waals surface area contributed by atoms with Crippen LogP contribution in [0.3, 0.4) is 0 Å². The topological polar surface area (TPSA) is 7.68 Å². The van der Waals surface area contributed by atoms with Crippen molar-refractivity contribution in [1.82, 2.24) is 4.90 Å². The second-order valence-electron chi connectivity index (χ2n) is 3.96. The van der Waals surface area contributed by atoms with Crippen LogP contribution in [0.25, 0.3) is 0 Å². The predicted octanol–water partition coefficient (Wildman–Crippen LogP) is -0.0730. The van der Waals surface area contributed by atoms with Gasteiger partial charge in [-0.1, -0.05) is 0 Å². The first-order valence-corrected chi connectivity index (χ1v) is 4.62. The van der Waals surface area contributed by atoms with E-state index in [4.69, 9.17) is 7.85 Å². The van der Waals surface area contributed by atoms with Crippen LogP contribution < -0.4 is 4.90 Å². The third-order valence-corrected chi connectivity index (χ3v) is 2.36. The third kappa shape index (κ3) is 1.66. The van der Waals surface area contributed by atoms with Crippen LogP contribution in [0, 0.1) is 0 Å². The van der Waals surface area contributed by atoms with E-state index in [9.17, 15) is 0 Å². The first-order valence-electron chi connectivity index (χ1n) is 4.62. The standard InChI is InChI=1S/C9H17BN2/c1-7(2)11-5-6-12(8(3)4)9(11)10/h5-9H,1-4H3/p+1. The Balaban J connectivity index is 2.62. The Morgan fingerprint density at radius 3 is 2.17 bits per heavy atom. The number of hydrogen-bond donors (Lipinski definition) is 1. The molecule has 1 aliphatic heterocycles. The van der Waals surface area contributed by atoms with E-state index in [1.54, 1.807) is 0 Å². The Morgan fingerprint density at radius 1 is 1.33 bits per heavy atom. The largest absolute Gasteiger partial charge is 0.331 e. The van der Waals surface area contributed by atoms with Gasteiger partial charge in [-0.15, -0.1) is 0 Å². The summed E-state index contributed by atoms with van der Waals surface area (Å²) in [6.45, 7) is 8.69. The van der Waals surface area contributed by atoms with Crippen LogP contribution in [-0.2, 0) is 0 Å². The Labute approximate surface area is 76.6 Å². The number of nitrogens with zero attached hydrogens (tertiary/aromatic N) is 1. The zero-order valence-electron chi connectivity index (χ0n) is 8.41. The maximum Gasteiger partial charge on any atom is 0.187 e. The van der Waals surface area contributed by atoms with Crippen molar-refractivity contribution >= 4 is 7.85 Å². The Bertz CT molecular complexity index is 159. The van der Waals surface area contributed by atoms with Gasteiger partial charge in [0.15, 0.2) is 7.85 Å². The molecule has 0 bridgehead atoms. The summed E-state index contributed by atoms with van der Waals surface area (Å²) in [6, 6.07) is 1.15. The van der Waals surface area contributed by atoms with Crippen molar-refractivity contribution in [3.05, 3.63) is 12.4 Å². The maximum absolute atomic E-state index is 6.05. The van der Waals surface area contributed by atoms with Crippen LogP contribution in [0.2, 0.25) is 0 Å². The molecule has 12 heavy (non-hydrogen) atoms. The first-order chi connectivity index (χ1) is 5.54. The first kappa shape index (κ1) is 9.65. The van der Waals surface area contributed by atoms with E-state index in [2.05, 4.69) is 45.0 Å². The zero-order valence-corrected chi connectivity index (χ0v) is 8.41. The van der Waals surface area contributed by atoms with E-state index < -0.39 is 0 Å². The van der Waals surface area contributed by atoms with E-state index in [1.165, 1.54) is 4.90 Å². The molecule has 66 valence electrons. The molecular weight excluding hydrogens is 147 g/mol. The van der Waals surface area contributed by atoms with Crippen molar-refractivity contribution in [2.24, 2.45) is 0 Å². The quantitative estimate of drug-likeness (QED) is 0.562. The molecule has 2 unspecified atom stereocenters. The summed E-state index contributed by atoms with van der Waals surface area (Å²) >= 11 is 0. The van der Waals surface area contributed by atoms with Gasteiger partial charge in [-0.2, -0.15) is 0 Å². The monoisotopic (exact) mass is 165 g/mol. The van der Waals surface area contributed by atoms with Crippen LogP contribution in [0.4, 0.5) is 0 Å². The van der Waals surface area contributed by atoms with Gasteiger partial charge in [0.25, 0.3) is 0 Å². The molecule has 0 aliphatic carbocycles. The average molecular weight is 165 g/mol. The molecule has 0 aromatic heterocycles. The minimum Gasteiger partial charge on any atom is -0.331 e. The van der Waals surface area contributed by atoms with E-state index in [-0.39, 0.29) is 6.07 Å². The summed E-state index contributed by atoms with van der Waals surface area (Å²) in [5.41, 5.74) is 0. The maximum atomic E-state index is 6.05. The lowest BCUT2D eigenvalue weighted by Gasteiger charge is -2.30. The number of rotatable bonds is 2. The summed E-state index contributed by atoms with van der Waals surface area (Å²) < 4.78 is 0. The van der Waals surface area contributed by atoms with Gasteiger partial charge >= 0.3 is 0 Å². The minimum atomic E-state index is 0.102. The summed E-state index contributed by atoms with van der Waals surface area (Å²) in [7, 11) is 6.05. The Kier molecular flexibility index (Phi) is 2.83. The highest BCUT2D eigenvalue weighted by Crippen LogP contribution is 2.03. The molecule has 0 amide bonds. The fraction of sp³-hybridized carbons (Fsp3) is 0.778. The molecule has 0 aromatic carbocycles. The van der Waals surface area contributed by atoms with Gasteiger partial charge < -0.3 is 4.90 Å². The van der Waals surface area contributed by atoms with E-state index >= 15 is 0 Å². The van der Waals surface area contributed by atoms with Crippen molar-refractivity contribution in [2.75, 3.05) is 0 Å². The van der Waals surface area contributed by atoms with E-state index in [0.29, 0.717) is 12.1 Å². The van der Waals surface area contributed by atoms with Crippen molar-refractivity contribution in [1.29, 1.82) is 0 Å². The van der Waals surface area contributed by atoms with Gasteiger partial charge in [0.2, 0.25) is 0 Å². The molecule has 1 rings (SSSR count). The summed E-state index contributed by atoms with van der Waals surface area (Å²) in [5, 5.41) is 0. The summed E-state index contributed by atoms with van der Waals surface area (Å²) in [4.78, 5) is 3.53. The average Bonchev–Trinajstić information content (AvgIpc) is 2.30. The zero-order chi connectivity index (χ0) is 9.30. The lowest BCUT2D eigenvalue weighted by Crippen LogP contribution is -3.14. The van der Waals surface area contributed by atoms with Gasteiger partial charge in [-0.05, 0) is 27.7 Å². The van der Waals surface area contributed by atoms with Crippen LogP contribution in [0.15, 0.2) is 12.4 Å². The molecule has 0 aromatic rings. The Morgan fingerprint density at radius 2 is 1.92 bits per heavy atom. The molecule has 0 saturated carbocycles. The van der Waals surface area contributed by atoms with Gasteiger partial charge in [0.1, 0.15) is 12.3 Å².